The molecule has 1 saturated heterocycles. The smallest absolute Gasteiger partial charge is 0.223 e. The van der Waals surface area contributed by atoms with E-state index in [0.29, 0.717) is 5.56 Å². The topological polar surface area (TPSA) is 42.4 Å². The number of carbonyl (C=O) groups excluding carboxylic acids is 1. The van der Waals surface area contributed by atoms with Crippen LogP contribution in [0.15, 0.2) is 18.3 Å². The molecule has 0 unspecified atom stereocenters. The van der Waals surface area contributed by atoms with Crippen molar-refractivity contribution in [3.05, 3.63) is 23.9 Å². The fourth-order valence-electron chi connectivity index (χ4n) is 1.48. The molecular formula is C10H11IN2O2. The second-order valence-electron chi connectivity index (χ2n) is 3.28. The number of anilines is 1. The average molecular weight is 318 g/mol. The standard InChI is InChI=1S/C10H11IN2O2/c11-10(14)8-1-2-9(12-7-8)13-3-5-15-6-4-13/h1-2,7H,3-6H2. The molecule has 0 radical (unpaired) electrons. The minimum absolute atomic E-state index is 0.0219. The second kappa shape index (κ2) is 4.89. The van der Waals surface area contributed by atoms with E-state index < -0.39 is 0 Å². The highest BCUT2D eigenvalue weighted by Crippen LogP contribution is 2.14. The van der Waals surface area contributed by atoms with Crippen molar-refractivity contribution in [1.29, 1.82) is 0 Å². The highest BCUT2D eigenvalue weighted by Gasteiger charge is 2.12. The first-order chi connectivity index (χ1) is 7.27. The van der Waals surface area contributed by atoms with E-state index in [2.05, 4.69) is 9.88 Å². The second-order valence-corrected chi connectivity index (χ2v) is 4.26. The number of aromatic nitrogens is 1. The summed E-state index contributed by atoms with van der Waals surface area (Å²) in [7, 11) is 0. The number of halogens is 1. The Hall–Kier alpha value is -0.690. The number of morpholine rings is 1. The van der Waals surface area contributed by atoms with Gasteiger partial charge in [-0.15, -0.1) is 0 Å². The van der Waals surface area contributed by atoms with Crippen LogP contribution in [-0.2, 0) is 4.74 Å². The van der Waals surface area contributed by atoms with Gasteiger partial charge in [-0.05, 0) is 12.1 Å². The van der Waals surface area contributed by atoms with Crippen molar-refractivity contribution in [2.75, 3.05) is 31.2 Å². The van der Waals surface area contributed by atoms with Gasteiger partial charge in [-0.1, -0.05) is 0 Å². The summed E-state index contributed by atoms with van der Waals surface area (Å²) in [5.74, 6) is 0.916. The van der Waals surface area contributed by atoms with Crippen LogP contribution in [-0.4, -0.2) is 35.1 Å². The van der Waals surface area contributed by atoms with E-state index in [-0.39, 0.29) is 3.79 Å². The Morgan fingerprint density at radius 1 is 1.40 bits per heavy atom. The van der Waals surface area contributed by atoms with E-state index in [4.69, 9.17) is 4.74 Å². The quantitative estimate of drug-likeness (QED) is 0.612. The third-order valence-corrected chi connectivity index (χ3v) is 2.93. The predicted octanol–water partition coefficient (Wildman–Crippen LogP) is 1.49. The lowest BCUT2D eigenvalue weighted by atomic mass is 10.3. The van der Waals surface area contributed by atoms with Gasteiger partial charge in [-0.25, -0.2) is 4.98 Å². The van der Waals surface area contributed by atoms with Crippen molar-refractivity contribution in [2.24, 2.45) is 0 Å². The third-order valence-electron chi connectivity index (χ3n) is 2.31. The molecule has 0 amide bonds. The van der Waals surface area contributed by atoms with E-state index in [9.17, 15) is 4.79 Å². The molecule has 0 spiro atoms. The maximum atomic E-state index is 11.0. The lowest BCUT2D eigenvalue weighted by Gasteiger charge is -2.27. The van der Waals surface area contributed by atoms with Crippen LogP contribution in [0.1, 0.15) is 10.4 Å². The van der Waals surface area contributed by atoms with Gasteiger partial charge in [0.25, 0.3) is 0 Å². The number of pyridine rings is 1. The Kier molecular flexibility index (Phi) is 3.53. The number of nitrogens with zero attached hydrogens (tertiary/aromatic N) is 2. The van der Waals surface area contributed by atoms with Crippen LogP contribution < -0.4 is 4.90 Å². The summed E-state index contributed by atoms with van der Waals surface area (Å²) < 4.78 is 5.28. The summed E-state index contributed by atoms with van der Waals surface area (Å²) in [6.45, 7) is 3.22. The molecule has 1 aliphatic rings. The Balaban J connectivity index is 2.11. The minimum Gasteiger partial charge on any atom is -0.378 e. The zero-order valence-electron chi connectivity index (χ0n) is 8.15. The van der Waals surface area contributed by atoms with Gasteiger partial charge in [0.15, 0.2) is 0 Å². The van der Waals surface area contributed by atoms with Gasteiger partial charge >= 0.3 is 0 Å². The zero-order valence-corrected chi connectivity index (χ0v) is 10.3. The first-order valence-electron chi connectivity index (χ1n) is 4.76. The van der Waals surface area contributed by atoms with Crippen LogP contribution in [0.5, 0.6) is 0 Å². The predicted molar refractivity (Wildman–Crippen MR) is 65.6 cm³/mol. The van der Waals surface area contributed by atoms with E-state index in [1.807, 2.05) is 12.1 Å². The molecule has 15 heavy (non-hydrogen) atoms. The zero-order chi connectivity index (χ0) is 10.7. The fraction of sp³-hybridized carbons (Fsp3) is 0.400. The summed E-state index contributed by atoms with van der Waals surface area (Å²) in [6, 6.07) is 3.70. The molecule has 0 aliphatic carbocycles. The molecule has 0 aromatic carbocycles. The SMILES string of the molecule is O=C(I)c1ccc(N2CCOCC2)nc1. The molecule has 4 nitrogen and oxygen atoms in total. The maximum absolute atomic E-state index is 11.0. The van der Waals surface area contributed by atoms with E-state index in [1.165, 1.54) is 0 Å². The number of rotatable bonds is 2. The molecule has 1 aliphatic heterocycles. The van der Waals surface area contributed by atoms with Crippen LogP contribution in [0.4, 0.5) is 5.82 Å². The van der Waals surface area contributed by atoms with E-state index in [0.717, 1.165) is 32.1 Å². The van der Waals surface area contributed by atoms with Crippen molar-refractivity contribution in [2.45, 2.75) is 0 Å². The molecule has 2 heterocycles. The lowest BCUT2D eigenvalue weighted by Crippen LogP contribution is -2.36. The van der Waals surface area contributed by atoms with Crippen molar-refractivity contribution in [3.8, 4) is 0 Å². The summed E-state index contributed by atoms with van der Waals surface area (Å²) in [6.07, 6.45) is 1.62. The number of carbonyl (C=O) groups is 1. The Labute approximate surface area is 102 Å². The highest BCUT2D eigenvalue weighted by atomic mass is 127. The molecule has 2 rings (SSSR count). The lowest BCUT2D eigenvalue weighted by molar-refractivity contribution is 0.110. The summed E-state index contributed by atoms with van der Waals surface area (Å²) in [5.41, 5.74) is 0.646. The molecule has 0 bridgehead atoms. The Morgan fingerprint density at radius 3 is 2.67 bits per heavy atom. The normalized spacial score (nSPS) is 16.5. The molecule has 0 N–H and O–H groups in total. The van der Waals surface area contributed by atoms with Crippen molar-refractivity contribution in [1.82, 2.24) is 4.98 Å². The molecular weight excluding hydrogens is 307 g/mol. The van der Waals surface area contributed by atoms with Gasteiger partial charge in [0.05, 0.1) is 13.2 Å². The van der Waals surface area contributed by atoms with Crippen LogP contribution in [0, 0.1) is 0 Å². The van der Waals surface area contributed by atoms with E-state index >= 15 is 0 Å². The van der Waals surface area contributed by atoms with Crippen molar-refractivity contribution < 1.29 is 9.53 Å². The van der Waals surface area contributed by atoms with Crippen LogP contribution in [0.3, 0.4) is 0 Å². The number of ether oxygens (including phenoxy) is 1. The molecule has 0 atom stereocenters. The van der Waals surface area contributed by atoms with Gasteiger partial charge in [0, 0.05) is 47.4 Å². The molecule has 80 valence electrons. The number of hydrogen-bond acceptors (Lipinski definition) is 4. The highest BCUT2D eigenvalue weighted by molar-refractivity contribution is 14.1. The summed E-state index contributed by atoms with van der Waals surface area (Å²) in [5, 5.41) is 0. The van der Waals surface area contributed by atoms with Crippen LogP contribution in [0.2, 0.25) is 0 Å². The molecule has 1 aromatic rings. The number of hydrogen-bond donors (Lipinski definition) is 0. The largest absolute Gasteiger partial charge is 0.378 e. The third kappa shape index (κ3) is 2.66. The first-order valence-corrected chi connectivity index (χ1v) is 5.84. The van der Waals surface area contributed by atoms with Crippen molar-refractivity contribution in [3.63, 3.8) is 0 Å². The van der Waals surface area contributed by atoms with Gasteiger partial charge in [-0.2, -0.15) is 0 Å². The Morgan fingerprint density at radius 2 is 2.13 bits per heavy atom. The van der Waals surface area contributed by atoms with E-state index in [1.54, 1.807) is 28.8 Å². The van der Waals surface area contributed by atoms with Crippen molar-refractivity contribution >= 4 is 32.2 Å². The van der Waals surface area contributed by atoms with Crippen LogP contribution in [0.25, 0.3) is 0 Å². The van der Waals surface area contributed by atoms with Gasteiger partial charge < -0.3 is 9.64 Å². The summed E-state index contributed by atoms with van der Waals surface area (Å²) in [4.78, 5) is 17.5. The van der Waals surface area contributed by atoms with Crippen LogP contribution >= 0.6 is 22.6 Å². The maximum Gasteiger partial charge on any atom is 0.223 e. The average Bonchev–Trinajstić information content (AvgIpc) is 2.30. The molecule has 0 saturated carbocycles. The Bertz CT molecular complexity index is 347. The van der Waals surface area contributed by atoms with Gasteiger partial charge in [0.1, 0.15) is 5.82 Å². The fourth-order valence-corrected chi connectivity index (χ4v) is 1.80. The van der Waals surface area contributed by atoms with Gasteiger partial charge in [-0.3, -0.25) is 4.79 Å². The molecule has 1 aromatic heterocycles. The van der Waals surface area contributed by atoms with Gasteiger partial charge in [0.2, 0.25) is 3.79 Å². The molecule has 5 heteroatoms. The molecule has 1 fully saturated rings. The first kappa shape index (κ1) is 10.8. The summed E-state index contributed by atoms with van der Waals surface area (Å²) >= 11 is 1.76. The monoisotopic (exact) mass is 318 g/mol. The minimum atomic E-state index is 0.0219.